The van der Waals surface area contributed by atoms with Crippen molar-refractivity contribution in [2.45, 2.75) is 72.5 Å². The SMILES string of the molecule is CN=C(NCCCCn1c(C)cccc1=O)NCCCN(C(C)C)C(C)C.I. The molecular weight excluding hydrogens is 465 g/mol. The van der Waals surface area contributed by atoms with E-state index in [-0.39, 0.29) is 29.5 Å². The molecule has 6 nitrogen and oxygen atoms in total. The largest absolute Gasteiger partial charge is 0.356 e. The Morgan fingerprint density at radius 2 is 1.68 bits per heavy atom. The van der Waals surface area contributed by atoms with Gasteiger partial charge in [-0.1, -0.05) is 6.07 Å². The number of guanidine groups is 1. The molecule has 0 unspecified atom stereocenters. The van der Waals surface area contributed by atoms with Crippen molar-refractivity contribution >= 4 is 29.9 Å². The quantitative estimate of drug-likeness (QED) is 0.210. The molecule has 0 saturated carbocycles. The molecule has 0 aliphatic rings. The number of halogens is 1. The van der Waals surface area contributed by atoms with Crippen LogP contribution in [0.15, 0.2) is 28.0 Å². The highest BCUT2D eigenvalue weighted by atomic mass is 127. The maximum atomic E-state index is 11.9. The van der Waals surface area contributed by atoms with E-state index in [9.17, 15) is 4.79 Å². The summed E-state index contributed by atoms with van der Waals surface area (Å²) in [6.45, 7) is 14.6. The minimum absolute atomic E-state index is 0. The maximum Gasteiger partial charge on any atom is 0.250 e. The van der Waals surface area contributed by atoms with Gasteiger partial charge in [-0.15, -0.1) is 24.0 Å². The van der Waals surface area contributed by atoms with Crippen molar-refractivity contribution in [3.05, 3.63) is 34.2 Å². The first-order valence-electron chi connectivity index (χ1n) is 10.2. The average molecular weight is 505 g/mol. The van der Waals surface area contributed by atoms with Crippen LogP contribution in [0.25, 0.3) is 0 Å². The standard InChI is InChI=1S/C21H39N5O.HI/c1-17(2)25(18(3)4)16-10-14-24-21(22-6)23-13-7-8-15-26-19(5)11-9-12-20(26)27;/h9,11-12,17-18H,7-8,10,13-16H2,1-6H3,(H2,22,23,24);1H. The van der Waals surface area contributed by atoms with Gasteiger partial charge in [-0.3, -0.25) is 14.7 Å². The first-order chi connectivity index (χ1) is 12.9. The molecule has 28 heavy (non-hydrogen) atoms. The highest BCUT2D eigenvalue weighted by Crippen LogP contribution is 2.05. The summed E-state index contributed by atoms with van der Waals surface area (Å²) >= 11 is 0. The molecule has 0 bridgehead atoms. The molecule has 0 aliphatic carbocycles. The van der Waals surface area contributed by atoms with E-state index < -0.39 is 0 Å². The monoisotopic (exact) mass is 505 g/mol. The summed E-state index contributed by atoms with van der Waals surface area (Å²) in [5.74, 6) is 0.851. The van der Waals surface area contributed by atoms with Crippen molar-refractivity contribution in [1.82, 2.24) is 20.1 Å². The molecule has 0 amide bonds. The second-order valence-electron chi connectivity index (χ2n) is 7.57. The lowest BCUT2D eigenvalue weighted by molar-refractivity contribution is 0.173. The molecule has 1 aromatic heterocycles. The number of nitrogens with one attached hydrogen (secondary N) is 2. The number of aromatic nitrogens is 1. The topological polar surface area (TPSA) is 61.7 Å². The van der Waals surface area contributed by atoms with Gasteiger partial charge >= 0.3 is 0 Å². The summed E-state index contributed by atoms with van der Waals surface area (Å²) in [7, 11) is 1.80. The van der Waals surface area contributed by atoms with Gasteiger partial charge in [-0.25, -0.2) is 0 Å². The zero-order valence-electron chi connectivity index (χ0n) is 18.5. The normalized spacial score (nSPS) is 11.8. The number of aryl methyl sites for hydroxylation is 1. The smallest absolute Gasteiger partial charge is 0.250 e. The zero-order chi connectivity index (χ0) is 20.2. The number of rotatable bonds is 11. The van der Waals surface area contributed by atoms with E-state index in [1.165, 1.54) is 0 Å². The van der Waals surface area contributed by atoms with Gasteiger partial charge in [-0.05, 0) is 59.9 Å². The number of hydrogen-bond donors (Lipinski definition) is 2. The number of unbranched alkanes of at least 4 members (excludes halogenated alkanes) is 1. The fourth-order valence-corrected chi connectivity index (χ4v) is 3.31. The molecule has 0 radical (unpaired) electrons. The Kier molecular flexibility index (Phi) is 14.3. The minimum Gasteiger partial charge on any atom is -0.356 e. The Morgan fingerprint density at radius 3 is 2.21 bits per heavy atom. The van der Waals surface area contributed by atoms with Crippen molar-refractivity contribution in [3.63, 3.8) is 0 Å². The van der Waals surface area contributed by atoms with Gasteiger partial charge in [0.05, 0.1) is 0 Å². The molecule has 1 rings (SSSR count). The second kappa shape index (κ2) is 14.8. The minimum atomic E-state index is 0. The van der Waals surface area contributed by atoms with E-state index >= 15 is 0 Å². The molecule has 7 heteroatoms. The summed E-state index contributed by atoms with van der Waals surface area (Å²) in [6, 6.07) is 6.56. The van der Waals surface area contributed by atoms with Gasteiger partial charge in [0.15, 0.2) is 5.96 Å². The van der Waals surface area contributed by atoms with E-state index in [0.717, 1.165) is 57.1 Å². The lowest BCUT2D eigenvalue weighted by Gasteiger charge is -2.30. The van der Waals surface area contributed by atoms with Crippen molar-refractivity contribution in [1.29, 1.82) is 0 Å². The summed E-state index contributed by atoms with van der Waals surface area (Å²) in [6.07, 6.45) is 3.05. The molecule has 2 N–H and O–H groups in total. The van der Waals surface area contributed by atoms with Gasteiger partial charge in [-0.2, -0.15) is 0 Å². The second-order valence-corrected chi connectivity index (χ2v) is 7.57. The van der Waals surface area contributed by atoms with E-state index in [4.69, 9.17) is 0 Å². The third-order valence-electron chi connectivity index (χ3n) is 4.80. The van der Waals surface area contributed by atoms with Crippen LogP contribution in [-0.2, 0) is 6.54 Å². The van der Waals surface area contributed by atoms with E-state index in [0.29, 0.717) is 12.1 Å². The van der Waals surface area contributed by atoms with Crippen LogP contribution in [-0.4, -0.2) is 54.2 Å². The highest BCUT2D eigenvalue weighted by Gasteiger charge is 2.12. The van der Waals surface area contributed by atoms with Crippen LogP contribution in [0.2, 0.25) is 0 Å². The van der Waals surface area contributed by atoms with Crippen LogP contribution >= 0.6 is 24.0 Å². The first kappa shape index (κ1) is 26.9. The van der Waals surface area contributed by atoms with Crippen molar-refractivity contribution in [2.75, 3.05) is 26.7 Å². The maximum absolute atomic E-state index is 11.9. The number of nitrogens with zero attached hydrogens (tertiary/aromatic N) is 3. The molecule has 0 fully saturated rings. The van der Waals surface area contributed by atoms with Gasteiger partial charge in [0.25, 0.3) is 5.56 Å². The highest BCUT2D eigenvalue weighted by molar-refractivity contribution is 14.0. The third-order valence-corrected chi connectivity index (χ3v) is 4.80. The van der Waals surface area contributed by atoms with Crippen LogP contribution in [0.5, 0.6) is 0 Å². The zero-order valence-corrected chi connectivity index (χ0v) is 20.8. The van der Waals surface area contributed by atoms with Crippen LogP contribution in [0.4, 0.5) is 0 Å². The summed E-state index contributed by atoms with van der Waals surface area (Å²) < 4.78 is 1.84. The summed E-state index contributed by atoms with van der Waals surface area (Å²) in [5, 5.41) is 6.74. The van der Waals surface area contributed by atoms with E-state index in [2.05, 4.69) is 48.2 Å². The Bertz CT molecular complexity index is 619. The molecule has 0 atom stereocenters. The predicted molar refractivity (Wildman–Crippen MR) is 131 cm³/mol. The number of hydrogen-bond acceptors (Lipinski definition) is 3. The molecule has 1 heterocycles. The van der Waals surface area contributed by atoms with E-state index in [1.807, 2.05) is 23.6 Å². The van der Waals surface area contributed by atoms with Crippen molar-refractivity contribution < 1.29 is 0 Å². The van der Waals surface area contributed by atoms with Gasteiger partial charge < -0.3 is 15.2 Å². The predicted octanol–water partition coefficient (Wildman–Crippen LogP) is 3.23. The lowest BCUT2D eigenvalue weighted by atomic mass is 10.2. The van der Waals surface area contributed by atoms with Crippen molar-refractivity contribution in [2.24, 2.45) is 4.99 Å². The fourth-order valence-electron chi connectivity index (χ4n) is 3.31. The van der Waals surface area contributed by atoms with Crippen LogP contribution < -0.4 is 16.2 Å². The van der Waals surface area contributed by atoms with Crippen LogP contribution in [0, 0.1) is 6.92 Å². The Labute approximate surface area is 188 Å². The third kappa shape index (κ3) is 9.91. The van der Waals surface area contributed by atoms with Crippen LogP contribution in [0.1, 0.15) is 52.7 Å². The molecular formula is C21H40IN5O. The Hall–Kier alpha value is -1.09. The molecule has 0 saturated heterocycles. The summed E-state index contributed by atoms with van der Waals surface area (Å²) in [4.78, 5) is 18.6. The lowest BCUT2D eigenvalue weighted by Crippen LogP contribution is -2.41. The number of aliphatic imine (C=N–C) groups is 1. The Balaban J connectivity index is 0.00000729. The van der Waals surface area contributed by atoms with Gasteiger partial charge in [0, 0.05) is 57.1 Å². The number of pyridine rings is 1. The van der Waals surface area contributed by atoms with Crippen LogP contribution in [0.3, 0.4) is 0 Å². The molecule has 0 aliphatic heterocycles. The first-order valence-corrected chi connectivity index (χ1v) is 10.2. The van der Waals surface area contributed by atoms with Crippen molar-refractivity contribution in [3.8, 4) is 0 Å². The molecule has 1 aromatic rings. The molecule has 162 valence electrons. The summed E-state index contributed by atoms with van der Waals surface area (Å²) in [5.41, 5.74) is 1.10. The van der Waals surface area contributed by atoms with Gasteiger partial charge in [0.1, 0.15) is 0 Å². The average Bonchev–Trinajstić information content (AvgIpc) is 2.60. The fraction of sp³-hybridized carbons (Fsp3) is 0.714. The Morgan fingerprint density at radius 1 is 1.07 bits per heavy atom. The molecule has 0 spiro atoms. The van der Waals surface area contributed by atoms with E-state index in [1.54, 1.807) is 13.1 Å². The van der Waals surface area contributed by atoms with Gasteiger partial charge in [0.2, 0.25) is 0 Å². The molecule has 0 aromatic carbocycles.